The van der Waals surface area contributed by atoms with E-state index in [-0.39, 0.29) is 11.8 Å². The summed E-state index contributed by atoms with van der Waals surface area (Å²) in [4.78, 5) is 6.66. The van der Waals surface area contributed by atoms with E-state index in [1.54, 1.807) is 6.20 Å². The summed E-state index contributed by atoms with van der Waals surface area (Å²) in [5.74, 6) is 0.277. The third-order valence-corrected chi connectivity index (χ3v) is 6.12. The molecule has 1 fully saturated rings. The van der Waals surface area contributed by atoms with Crippen LogP contribution in [0.25, 0.3) is 10.9 Å². The normalized spacial score (nSPS) is 22.5. The average molecular weight is 347 g/mol. The predicted octanol–water partition coefficient (Wildman–Crippen LogP) is 2.38. The lowest BCUT2D eigenvalue weighted by atomic mass is 10.1. The quantitative estimate of drug-likeness (QED) is 0.902. The molecule has 24 heavy (non-hydrogen) atoms. The highest BCUT2D eigenvalue weighted by Crippen LogP contribution is 2.21. The van der Waals surface area contributed by atoms with E-state index in [9.17, 15) is 8.42 Å². The molecule has 1 aliphatic heterocycles. The first-order chi connectivity index (χ1) is 11.4. The second-order valence-electron chi connectivity index (χ2n) is 7.00. The molecule has 0 unspecified atom stereocenters. The van der Waals surface area contributed by atoms with Crippen LogP contribution in [0.1, 0.15) is 26.3 Å². The molecule has 0 radical (unpaired) electrons. The Labute approximate surface area is 144 Å². The van der Waals surface area contributed by atoms with Crippen LogP contribution >= 0.6 is 0 Å². The number of hydrogen-bond donors (Lipinski definition) is 1. The van der Waals surface area contributed by atoms with Crippen LogP contribution in [0.4, 0.5) is 0 Å². The van der Waals surface area contributed by atoms with Crippen molar-refractivity contribution in [2.24, 2.45) is 5.92 Å². The van der Waals surface area contributed by atoms with Gasteiger partial charge in [-0.2, -0.15) is 0 Å². The highest BCUT2D eigenvalue weighted by atomic mass is 32.2. The summed E-state index contributed by atoms with van der Waals surface area (Å²) in [5, 5.41) is 0.963. The Morgan fingerprint density at radius 1 is 1.25 bits per heavy atom. The number of nitrogens with one attached hydrogen (secondary N) is 1. The number of hydrogen-bond acceptors (Lipinski definition) is 4. The molecule has 0 bridgehead atoms. The first kappa shape index (κ1) is 17.3. The van der Waals surface area contributed by atoms with Crippen molar-refractivity contribution in [3.05, 3.63) is 42.1 Å². The molecule has 1 saturated heterocycles. The van der Waals surface area contributed by atoms with Gasteiger partial charge in [-0.1, -0.05) is 31.2 Å². The molecule has 3 rings (SSSR count). The molecule has 0 amide bonds. The second-order valence-corrected chi connectivity index (χ2v) is 8.75. The number of sulfonamides is 1. The largest absolute Gasteiger partial charge is 0.299 e. The summed E-state index contributed by atoms with van der Waals surface area (Å²) in [7, 11) is -3.41. The third kappa shape index (κ3) is 3.77. The number of likely N-dealkylation sites (tertiary alicyclic amines) is 1. The van der Waals surface area contributed by atoms with Crippen molar-refractivity contribution in [2.75, 3.05) is 13.1 Å². The molecule has 1 aromatic carbocycles. The maximum atomic E-state index is 12.7. The van der Waals surface area contributed by atoms with Gasteiger partial charge >= 0.3 is 0 Å². The molecule has 1 aliphatic rings. The summed E-state index contributed by atoms with van der Waals surface area (Å²) < 4.78 is 28.2. The number of aromatic nitrogens is 1. The third-order valence-electron chi connectivity index (χ3n) is 4.76. The average Bonchev–Trinajstić information content (AvgIpc) is 2.88. The van der Waals surface area contributed by atoms with Gasteiger partial charge in [0.15, 0.2) is 0 Å². The lowest BCUT2D eigenvalue weighted by Crippen LogP contribution is -2.41. The predicted molar refractivity (Wildman–Crippen MR) is 97.2 cm³/mol. The summed E-state index contributed by atoms with van der Waals surface area (Å²) in [5.41, 5.74) is 1.50. The van der Waals surface area contributed by atoms with Crippen molar-refractivity contribution in [3.63, 3.8) is 0 Å². The van der Waals surface area contributed by atoms with Crippen LogP contribution in [-0.4, -0.2) is 43.5 Å². The van der Waals surface area contributed by atoms with Crippen LogP contribution < -0.4 is 4.72 Å². The number of pyridine rings is 1. The number of para-hydroxylation sites is 1. The van der Waals surface area contributed by atoms with Crippen LogP contribution in [0, 0.1) is 5.92 Å². The Balaban J connectivity index is 1.77. The Morgan fingerprint density at radius 2 is 2.00 bits per heavy atom. The zero-order chi connectivity index (χ0) is 17.3. The molecule has 0 saturated carbocycles. The van der Waals surface area contributed by atoms with E-state index >= 15 is 0 Å². The van der Waals surface area contributed by atoms with Crippen LogP contribution in [0.15, 0.2) is 36.5 Å². The number of nitrogens with zero attached hydrogens (tertiary/aromatic N) is 2. The Morgan fingerprint density at radius 3 is 2.71 bits per heavy atom. The van der Waals surface area contributed by atoms with Gasteiger partial charge in [0.1, 0.15) is 0 Å². The minimum Gasteiger partial charge on any atom is -0.299 e. The minimum absolute atomic E-state index is 0.0275. The van der Waals surface area contributed by atoms with Gasteiger partial charge in [-0.15, -0.1) is 0 Å². The summed E-state index contributed by atoms with van der Waals surface area (Å²) in [6.07, 6.45) is 1.70. The number of fused-ring (bicyclic) bond motifs is 1. The van der Waals surface area contributed by atoms with Crippen molar-refractivity contribution in [3.8, 4) is 0 Å². The van der Waals surface area contributed by atoms with Gasteiger partial charge < -0.3 is 0 Å². The molecular formula is C18H25N3O2S. The van der Waals surface area contributed by atoms with Gasteiger partial charge in [0.25, 0.3) is 0 Å². The number of rotatable bonds is 5. The second kappa shape index (κ2) is 6.78. The Kier molecular flexibility index (Phi) is 4.90. The zero-order valence-electron chi connectivity index (χ0n) is 14.4. The first-order valence-electron chi connectivity index (χ1n) is 8.42. The smallest absolute Gasteiger partial charge is 0.216 e. The van der Waals surface area contributed by atoms with E-state index in [0.29, 0.717) is 12.0 Å². The van der Waals surface area contributed by atoms with Crippen molar-refractivity contribution in [1.82, 2.24) is 14.6 Å². The SMILES string of the molecule is CC(C)N1C[C@H](C)[C@H](NS(=O)(=O)Cc2cccc3cccnc23)C1. The van der Waals surface area contributed by atoms with E-state index in [2.05, 4.69) is 35.4 Å². The molecule has 0 aliphatic carbocycles. The molecule has 6 heteroatoms. The topological polar surface area (TPSA) is 62.3 Å². The van der Waals surface area contributed by atoms with Gasteiger partial charge in [0.05, 0.1) is 11.3 Å². The Hall–Kier alpha value is -1.50. The molecular weight excluding hydrogens is 322 g/mol. The zero-order valence-corrected chi connectivity index (χ0v) is 15.3. The minimum atomic E-state index is -3.41. The molecule has 1 aromatic heterocycles. The maximum absolute atomic E-state index is 12.7. The fourth-order valence-electron chi connectivity index (χ4n) is 3.34. The van der Waals surface area contributed by atoms with Gasteiger partial charge in [0, 0.05) is 36.8 Å². The van der Waals surface area contributed by atoms with E-state index in [4.69, 9.17) is 0 Å². The standard InChI is InChI=1S/C18H25N3O2S/c1-13(2)21-10-14(3)17(11-21)20-24(22,23)12-16-7-4-6-15-8-5-9-19-18(15)16/h4-9,13-14,17,20H,10-12H2,1-3H3/t14-,17+/m0/s1. The van der Waals surface area contributed by atoms with Gasteiger partial charge in [0.2, 0.25) is 10.0 Å². The van der Waals surface area contributed by atoms with Crippen molar-refractivity contribution >= 4 is 20.9 Å². The summed E-state index contributed by atoms with van der Waals surface area (Å²) in [6, 6.07) is 9.89. The van der Waals surface area contributed by atoms with Crippen LogP contribution in [0.3, 0.4) is 0 Å². The van der Waals surface area contributed by atoms with E-state index in [1.165, 1.54) is 0 Å². The van der Waals surface area contributed by atoms with Crippen LogP contribution in [-0.2, 0) is 15.8 Å². The molecule has 2 atom stereocenters. The molecule has 2 heterocycles. The van der Waals surface area contributed by atoms with Crippen molar-refractivity contribution in [1.29, 1.82) is 0 Å². The maximum Gasteiger partial charge on any atom is 0.216 e. The van der Waals surface area contributed by atoms with Gasteiger partial charge in [-0.25, -0.2) is 13.1 Å². The summed E-state index contributed by atoms with van der Waals surface area (Å²) in [6.45, 7) is 8.10. The number of benzene rings is 1. The highest BCUT2D eigenvalue weighted by molar-refractivity contribution is 7.88. The van der Waals surface area contributed by atoms with E-state index in [0.717, 1.165) is 29.6 Å². The monoisotopic (exact) mass is 347 g/mol. The van der Waals surface area contributed by atoms with Gasteiger partial charge in [-0.3, -0.25) is 9.88 Å². The lowest BCUT2D eigenvalue weighted by molar-refractivity contribution is 0.265. The fraction of sp³-hybridized carbons (Fsp3) is 0.500. The molecule has 0 spiro atoms. The van der Waals surface area contributed by atoms with Crippen molar-refractivity contribution < 1.29 is 8.42 Å². The van der Waals surface area contributed by atoms with E-state index in [1.807, 2.05) is 30.3 Å². The molecule has 5 nitrogen and oxygen atoms in total. The lowest BCUT2D eigenvalue weighted by Gasteiger charge is -2.20. The first-order valence-corrected chi connectivity index (χ1v) is 10.1. The summed E-state index contributed by atoms with van der Waals surface area (Å²) >= 11 is 0. The Bertz CT molecular complexity index is 815. The molecule has 130 valence electrons. The molecule has 1 N–H and O–H groups in total. The molecule has 2 aromatic rings. The fourth-order valence-corrected chi connectivity index (χ4v) is 4.83. The highest BCUT2D eigenvalue weighted by Gasteiger charge is 2.33. The van der Waals surface area contributed by atoms with Crippen LogP contribution in [0.2, 0.25) is 0 Å². The van der Waals surface area contributed by atoms with E-state index < -0.39 is 10.0 Å². The van der Waals surface area contributed by atoms with Gasteiger partial charge in [-0.05, 0) is 31.4 Å². The van der Waals surface area contributed by atoms with Crippen molar-refractivity contribution in [2.45, 2.75) is 38.6 Å². The van der Waals surface area contributed by atoms with Crippen LogP contribution in [0.5, 0.6) is 0 Å².